The molecule has 1 saturated carbocycles. The fourth-order valence-corrected chi connectivity index (χ4v) is 3.95. The largest absolute Gasteiger partial charge is 0.377 e. The van der Waals surface area contributed by atoms with E-state index in [4.69, 9.17) is 16.3 Å². The van der Waals surface area contributed by atoms with Gasteiger partial charge >= 0.3 is 0 Å². The summed E-state index contributed by atoms with van der Waals surface area (Å²) in [5, 5.41) is 0.132. The van der Waals surface area contributed by atoms with Crippen molar-refractivity contribution in [3.63, 3.8) is 0 Å². The van der Waals surface area contributed by atoms with E-state index in [0.717, 1.165) is 12.8 Å². The first-order chi connectivity index (χ1) is 10.3. The van der Waals surface area contributed by atoms with E-state index in [1.807, 2.05) is 6.07 Å². The van der Waals surface area contributed by atoms with Crippen LogP contribution in [0, 0.1) is 0 Å². The van der Waals surface area contributed by atoms with Crippen molar-refractivity contribution in [2.24, 2.45) is 0 Å². The molecule has 0 bridgehead atoms. The molecule has 9 heteroatoms. The van der Waals surface area contributed by atoms with E-state index in [2.05, 4.69) is 26.5 Å². The Hall–Kier alpha value is -0.960. The number of nitrogens with zero attached hydrogens (tertiary/aromatic N) is 3. The molecule has 0 radical (unpaired) electrons. The zero-order valence-corrected chi connectivity index (χ0v) is 14.1. The number of halogens is 1. The van der Waals surface area contributed by atoms with Crippen molar-refractivity contribution in [1.82, 2.24) is 14.7 Å². The van der Waals surface area contributed by atoms with E-state index in [0.29, 0.717) is 37.6 Å². The van der Waals surface area contributed by atoms with Crippen LogP contribution in [-0.4, -0.2) is 50.4 Å². The number of morpholine rings is 1. The molecule has 2 aliphatic rings. The highest BCUT2D eigenvalue weighted by Crippen LogP contribution is 2.46. The summed E-state index contributed by atoms with van der Waals surface area (Å²) < 4.78 is 31.2. The molecular formula is C13H19ClN4O3S. The van der Waals surface area contributed by atoms with Gasteiger partial charge in [-0.05, 0) is 31.4 Å². The van der Waals surface area contributed by atoms with Gasteiger partial charge in [-0.1, -0.05) is 0 Å². The maximum Gasteiger partial charge on any atom is 0.224 e. The van der Waals surface area contributed by atoms with Crippen LogP contribution in [0.3, 0.4) is 0 Å². The first-order valence-corrected chi connectivity index (χ1v) is 9.44. The Bertz CT molecular complexity index is 678. The molecule has 1 aromatic rings. The molecule has 1 atom stereocenters. The standard InChI is InChI=1S/C13H19ClN4O3S/c1-9-8-21-6-5-18(9)11-7-10(15-12(14)16-11)13(3-4-13)17-22(2,19)20/h7,9,17H,3-6,8H2,1-2H3/t9-/m1/s1. The normalized spacial score (nSPS) is 24.3. The van der Waals surface area contributed by atoms with Crippen LogP contribution in [-0.2, 0) is 20.3 Å². The molecule has 1 saturated heterocycles. The van der Waals surface area contributed by atoms with E-state index in [1.54, 1.807) is 0 Å². The molecule has 22 heavy (non-hydrogen) atoms. The van der Waals surface area contributed by atoms with E-state index in [-0.39, 0.29) is 11.3 Å². The Morgan fingerprint density at radius 3 is 2.77 bits per heavy atom. The van der Waals surface area contributed by atoms with Gasteiger partial charge in [-0.15, -0.1) is 0 Å². The van der Waals surface area contributed by atoms with E-state index in [1.165, 1.54) is 0 Å². The highest BCUT2D eigenvalue weighted by Gasteiger charge is 2.48. The molecule has 1 N–H and O–H groups in total. The SMILES string of the molecule is C[C@@H]1COCCN1c1cc(C2(NS(C)(=O)=O)CC2)nc(Cl)n1. The highest BCUT2D eigenvalue weighted by atomic mass is 35.5. The second kappa shape index (κ2) is 5.59. The molecule has 122 valence electrons. The first-order valence-electron chi connectivity index (χ1n) is 7.17. The second-order valence-electron chi connectivity index (χ2n) is 5.95. The molecule has 2 heterocycles. The molecule has 7 nitrogen and oxygen atoms in total. The number of nitrogens with one attached hydrogen (secondary N) is 1. The maximum absolute atomic E-state index is 11.6. The lowest BCUT2D eigenvalue weighted by Gasteiger charge is -2.34. The Morgan fingerprint density at radius 1 is 1.45 bits per heavy atom. The fourth-order valence-electron chi connectivity index (χ4n) is 2.76. The molecular weight excluding hydrogens is 328 g/mol. The molecule has 0 spiro atoms. The molecule has 0 amide bonds. The summed E-state index contributed by atoms with van der Waals surface area (Å²) in [5.74, 6) is 0.715. The predicted octanol–water partition coefficient (Wildman–Crippen LogP) is 0.893. The number of ether oxygens (including phenoxy) is 1. The predicted molar refractivity (Wildman–Crippen MR) is 83.6 cm³/mol. The van der Waals surface area contributed by atoms with Crippen LogP contribution in [0.25, 0.3) is 0 Å². The van der Waals surface area contributed by atoms with E-state index in [9.17, 15) is 8.42 Å². The van der Waals surface area contributed by atoms with Crippen LogP contribution in [0.2, 0.25) is 5.28 Å². The quantitative estimate of drug-likeness (QED) is 0.815. The summed E-state index contributed by atoms with van der Waals surface area (Å²) >= 11 is 6.06. The van der Waals surface area contributed by atoms with Crippen molar-refractivity contribution in [1.29, 1.82) is 0 Å². The number of sulfonamides is 1. The molecule has 1 aliphatic heterocycles. The zero-order valence-electron chi connectivity index (χ0n) is 12.5. The van der Waals surface area contributed by atoms with E-state index >= 15 is 0 Å². The third-order valence-corrected chi connectivity index (χ3v) is 4.90. The Labute approximate surface area is 135 Å². The van der Waals surface area contributed by atoms with Gasteiger partial charge in [-0.3, -0.25) is 0 Å². The lowest BCUT2D eigenvalue weighted by atomic mass is 10.1. The summed E-state index contributed by atoms with van der Waals surface area (Å²) in [7, 11) is -3.32. The summed E-state index contributed by atoms with van der Waals surface area (Å²) in [5.41, 5.74) is -0.00336. The number of anilines is 1. The van der Waals surface area contributed by atoms with Gasteiger partial charge < -0.3 is 9.64 Å². The molecule has 1 aliphatic carbocycles. The van der Waals surface area contributed by atoms with E-state index < -0.39 is 15.6 Å². The maximum atomic E-state index is 11.6. The zero-order chi connectivity index (χ0) is 16.0. The third kappa shape index (κ3) is 3.34. The monoisotopic (exact) mass is 346 g/mol. The third-order valence-electron chi connectivity index (χ3n) is 3.97. The number of hydrogen-bond donors (Lipinski definition) is 1. The first kappa shape index (κ1) is 15.9. The minimum absolute atomic E-state index is 0.132. The number of aromatic nitrogens is 2. The molecule has 1 aromatic heterocycles. The van der Waals surface area contributed by atoms with Gasteiger partial charge in [0.2, 0.25) is 15.3 Å². The lowest BCUT2D eigenvalue weighted by molar-refractivity contribution is 0.0985. The van der Waals surface area contributed by atoms with Crippen LogP contribution < -0.4 is 9.62 Å². The average Bonchev–Trinajstić information content (AvgIpc) is 3.17. The Kier molecular flexibility index (Phi) is 4.05. The summed E-state index contributed by atoms with van der Waals surface area (Å²) in [4.78, 5) is 10.6. The Morgan fingerprint density at radius 2 is 2.18 bits per heavy atom. The van der Waals surface area contributed by atoms with Crippen molar-refractivity contribution in [3.05, 3.63) is 17.0 Å². The van der Waals surface area contributed by atoms with Crippen molar-refractivity contribution < 1.29 is 13.2 Å². The van der Waals surface area contributed by atoms with Gasteiger partial charge in [-0.25, -0.2) is 23.1 Å². The smallest absolute Gasteiger partial charge is 0.224 e. The van der Waals surface area contributed by atoms with Crippen molar-refractivity contribution in [2.45, 2.75) is 31.3 Å². The molecule has 0 unspecified atom stereocenters. The van der Waals surface area contributed by atoms with Crippen molar-refractivity contribution in [3.8, 4) is 0 Å². The van der Waals surface area contributed by atoms with Crippen molar-refractivity contribution >= 4 is 27.4 Å². The van der Waals surface area contributed by atoms with Crippen LogP contribution in [0.5, 0.6) is 0 Å². The molecule has 2 fully saturated rings. The number of hydrogen-bond acceptors (Lipinski definition) is 6. The van der Waals surface area contributed by atoms with Gasteiger partial charge in [0.25, 0.3) is 0 Å². The minimum Gasteiger partial charge on any atom is -0.377 e. The molecule has 0 aromatic carbocycles. The molecule has 3 rings (SSSR count). The summed E-state index contributed by atoms with van der Waals surface area (Å²) in [6.07, 6.45) is 2.58. The second-order valence-corrected chi connectivity index (χ2v) is 8.04. The van der Waals surface area contributed by atoms with Crippen LogP contribution in [0.1, 0.15) is 25.5 Å². The fraction of sp³-hybridized carbons (Fsp3) is 0.692. The number of rotatable bonds is 4. The minimum atomic E-state index is -3.32. The van der Waals surface area contributed by atoms with Crippen LogP contribution in [0.4, 0.5) is 5.82 Å². The van der Waals surface area contributed by atoms with Gasteiger partial charge in [0.05, 0.1) is 36.7 Å². The van der Waals surface area contributed by atoms with Gasteiger partial charge in [0, 0.05) is 12.6 Å². The summed E-state index contributed by atoms with van der Waals surface area (Å²) in [6.45, 7) is 4.04. The van der Waals surface area contributed by atoms with Crippen molar-refractivity contribution in [2.75, 3.05) is 30.9 Å². The lowest BCUT2D eigenvalue weighted by Crippen LogP contribution is -2.44. The average molecular weight is 347 g/mol. The topological polar surface area (TPSA) is 84.4 Å². The highest BCUT2D eigenvalue weighted by molar-refractivity contribution is 7.88. The van der Waals surface area contributed by atoms with Crippen LogP contribution in [0.15, 0.2) is 6.07 Å². The van der Waals surface area contributed by atoms with Crippen LogP contribution >= 0.6 is 11.6 Å². The van der Waals surface area contributed by atoms with Gasteiger partial charge in [-0.2, -0.15) is 0 Å². The summed E-state index contributed by atoms with van der Waals surface area (Å²) in [6, 6.07) is 2.02. The Balaban J connectivity index is 1.93. The van der Waals surface area contributed by atoms with Gasteiger partial charge in [0.15, 0.2) is 0 Å². The van der Waals surface area contributed by atoms with Gasteiger partial charge in [0.1, 0.15) is 5.82 Å².